The number of hydrogen-bond donors (Lipinski definition) is 3. The largest absolute Gasteiger partial charge is 0.356 e. The zero-order valence-electron chi connectivity index (χ0n) is 16.9. The topological polar surface area (TPSA) is 65.5 Å². The van der Waals surface area contributed by atoms with Gasteiger partial charge in [0, 0.05) is 33.1 Å². The fourth-order valence-corrected chi connectivity index (χ4v) is 3.50. The molecule has 6 heteroatoms. The molecule has 152 valence electrons. The second-order valence-electron chi connectivity index (χ2n) is 7.40. The quantitative estimate of drug-likeness (QED) is 0.228. The molecule has 1 unspecified atom stereocenters. The maximum absolute atomic E-state index is 11.9. The van der Waals surface area contributed by atoms with Crippen molar-refractivity contribution in [3.63, 3.8) is 0 Å². The number of aryl methyl sites for hydroxylation is 1. The van der Waals surface area contributed by atoms with Crippen LogP contribution in [0.25, 0.3) is 0 Å². The predicted molar refractivity (Wildman–Crippen MR) is 124 cm³/mol. The molecule has 0 radical (unpaired) electrons. The minimum Gasteiger partial charge on any atom is -0.356 e. The van der Waals surface area contributed by atoms with E-state index in [0.29, 0.717) is 31.3 Å². The van der Waals surface area contributed by atoms with Crippen LogP contribution >= 0.6 is 24.0 Å². The molecule has 27 heavy (non-hydrogen) atoms. The van der Waals surface area contributed by atoms with Crippen LogP contribution in [0.15, 0.2) is 29.3 Å². The zero-order chi connectivity index (χ0) is 18.8. The smallest absolute Gasteiger partial charge is 0.220 e. The van der Waals surface area contributed by atoms with E-state index in [2.05, 4.69) is 59.1 Å². The summed E-state index contributed by atoms with van der Waals surface area (Å²) >= 11 is 0. The predicted octanol–water partition coefficient (Wildman–Crippen LogP) is 3.58. The summed E-state index contributed by atoms with van der Waals surface area (Å²) in [6.45, 7) is 6.44. The first kappa shape index (κ1) is 23.7. The first-order valence-electron chi connectivity index (χ1n) is 9.86. The Hall–Kier alpha value is -1.31. The van der Waals surface area contributed by atoms with Crippen molar-refractivity contribution >= 4 is 35.8 Å². The fraction of sp³-hybridized carbons (Fsp3) is 0.619. The third-order valence-corrected chi connectivity index (χ3v) is 5.10. The van der Waals surface area contributed by atoms with Crippen molar-refractivity contribution in [2.45, 2.75) is 51.9 Å². The zero-order valence-corrected chi connectivity index (χ0v) is 19.2. The number of guanidine groups is 1. The molecule has 1 amide bonds. The molecule has 3 N–H and O–H groups in total. The average molecular weight is 486 g/mol. The summed E-state index contributed by atoms with van der Waals surface area (Å²) in [5.74, 6) is 1.95. The fourth-order valence-electron chi connectivity index (χ4n) is 3.50. The Morgan fingerprint density at radius 2 is 1.89 bits per heavy atom. The molecule has 0 spiro atoms. The summed E-state index contributed by atoms with van der Waals surface area (Å²) in [6.07, 6.45) is 5.66. The SMILES string of the molecule is CN=C(NCCNC(=O)CC1CCCC1)NCC(C)c1cccc(C)c1.I. The van der Waals surface area contributed by atoms with Gasteiger partial charge in [0.15, 0.2) is 5.96 Å². The number of aliphatic imine (C=N–C) groups is 1. The summed E-state index contributed by atoms with van der Waals surface area (Å²) in [7, 11) is 1.77. The number of hydrogen-bond acceptors (Lipinski definition) is 2. The molecule has 0 aliphatic heterocycles. The number of nitrogens with one attached hydrogen (secondary N) is 3. The van der Waals surface area contributed by atoms with Crippen LogP contribution in [0, 0.1) is 12.8 Å². The molecule has 5 nitrogen and oxygen atoms in total. The third-order valence-electron chi connectivity index (χ3n) is 5.10. The van der Waals surface area contributed by atoms with Crippen LogP contribution in [-0.2, 0) is 4.79 Å². The lowest BCUT2D eigenvalue weighted by Gasteiger charge is -2.17. The molecule has 2 rings (SSSR count). The number of nitrogens with zero attached hydrogens (tertiary/aromatic N) is 1. The molecule has 1 aliphatic rings. The van der Waals surface area contributed by atoms with Crippen molar-refractivity contribution in [3.8, 4) is 0 Å². The first-order chi connectivity index (χ1) is 12.6. The summed E-state index contributed by atoms with van der Waals surface area (Å²) in [4.78, 5) is 16.2. The first-order valence-corrected chi connectivity index (χ1v) is 9.86. The molecule has 0 saturated heterocycles. The average Bonchev–Trinajstić information content (AvgIpc) is 3.13. The maximum Gasteiger partial charge on any atom is 0.220 e. The minimum atomic E-state index is 0. The van der Waals surface area contributed by atoms with Gasteiger partial charge in [-0.3, -0.25) is 9.79 Å². The van der Waals surface area contributed by atoms with Gasteiger partial charge in [0.1, 0.15) is 0 Å². The normalized spacial score (nSPS) is 15.7. The molecule has 1 aliphatic carbocycles. The molecule has 0 heterocycles. The summed E-state index contributed by atoms with van der Waals surface area (Å²) in [5.41, 5.74) is 2.61. The lowest BCUT2D eigenvalue weighted by molar-refractivity contribution is -0.121. The van der Waals surface area contributed by atoms with E-state index in [1.807, 2.05) is 0 Å². The molecule has 1 aromatic rings. The highest BCUT2D eigenvalue weighted by Crippen LogP contribution is 2.27. The van der Waals surface area contributed by atoms with E-state index in [1.165, 1.54) is 36.8 Å². The monoisotopic (exact) mass is 486 g/mol. The van der Waals surface area contributed by atoms with Crippen LogP contribution in [0.4, 0.5) is 0 Å². The number of halogens is 1. The van der Waals surface area contributed by atoms with Crippen molar-refractivity contribution in [1.82, 2.24) is 16.0 Å². The Morgan fingerprint density at radius 1 is 1.19 bits per heavy atom. The molecule has 1 saturated carbocycles. The van der Waals surface area contributed by atoms with Crippen molar-refractivity contribution in [2.75, 3.05) is 26.7 Å². The van der Waals surface area contributed by atoms with E-state index >= 15 is 0 Å². The third kappa shape index (κ3) is 8.95. The van der Waals surface area contributed by atoms with Crippen LogP contribution in [0.1, 0.15) is 56.1 Å². The Balaban J connectivity index is 0.00000364. The number of rotatable bonds is 8. The number of benzene rings is 1. The van der Waals surface area contributed by atoms with Gasteiger partial charge in [0.05, 0.1) is 0 Å². The molecule has 1 fully saturated rings. The van der Waals surface area contributed by atoms with Crippen LogP contribution in [-0.4, -0.2) is 38.5 Å². The Labute approximate surface area is 181 Å². The number of amides is 1. The number of carbonyl (C=O) groups is 1. The molecule has 1 aromatic carbocycles. The van der Waals surface area contributed by atoms with E-state index in [-0.39, 0.29) is 29.9 Å². The van der Waals surface area contributed by atoms with Crippen molar-refractivity contribution in [2.24, 2.45) is 10.9 Å². The van der Waals surface area contributed by atoms with Gasteiger partial charge in [0.2, 0.25) is 5.91 Å². The molecular weight excluding hydrogens is 451 g/mol. The standard InChI is InChI=1S/C21H34N4O.HI/c1-16-7-6-10-19(13-16)17(2)15-25-21(22-3)24-12-11-23-20(26)14-18-8-4-5-9-18;/h6-7,10,13,17-18H,4-5,8-9,11-12,14-15H2,1-3H3,(H,23,26)(H2,22,24,25);1H. The Kier molecular flexibility index (Phi) is 11.4. The summed E-state index contributed by atoms with van der Waals surface area (Å²) in [5, 5.41) is 9.62. The Bertz CT molecular complexity index is 600. The lowest BCUT2D eigenvalue weighted by Crippen LogP contribution is -2.42. The molecule has 0 bridgehead atoms. The van der Waals surface area contributed by atoms with Gasteiger partial charge < -0.3 is 16.0 Å². The van der Waals surface area contributed by atoms with E-state index < -0.39 is 0 Å². The highest BCUT2D eigenvalue weighted by Gasteiger charge is 2.17. The maximum atomic E-state index is 11.9. The van der Waals surface area contributed by atoms with Crippen LogP contribution in [0.3, 0.4) is 0 Å². The van der Waals surface area contributed by atoms with Crippen molar-refractivity contribution in [3.05, 3.63) is 35.4 Å². The van der Waals surface area contributed by atoms with Gasteiger partial charge in [-0.25, -0.2) is 0 Å². The van der Waals surface area contributed by atoms with E-state index in [4.69, 9.17) is 0 Å². The molecular formula is C21H35IN4O. The second kappa shape index (κ2) is 13.0. The van der Waals surface area contributed by atoms with Gasteiger partial charge in [-0.05, 0) is 37.2 Å². The number of carbonyl (C=O) groups excluding carboxylic acids is 1. The molecule has 0 aromatic heterocycles. The van der Waals surface area contributed by atoms with Crippen LogP contribution in [0.2, 0.25) is 0 Å². The van der Waals surface area contributed by atoms with Gasteiger partial charge >= 0.3 is 0 Å². The van der Waals surface area contributed by atoms with Crippen molar-refractivity contribution < 1.29 is 4.79 Å². The van der Waals surface area contributed by atoms with E-state index in [1.54, 1.807) is 7.05 Å². The van der Waals surface area contributed by atoms with Crippen LogP contribution in [0.5, 0.6) is 0 Å². The van der Waals surface area contributed by atoms with E-state index in [0.717, 1.165) is 12.5 Å². The van der Waals surface area contributed by atoms with Gasteiger partial charge in [-0.15, -0.1) is 24.0 Å². The highest BCUT2D eigenvalue weighted by molar-refractivity contribution is 14.0. The Morgan fingerprint density at radius 3 is 2.56 bits per heavy atom. The minimum absolute atomic E-state index is 0. The second-order valence-corrected chi connectivity index (χ2v) is 7.40. The highest BCUT2D eigenvalue weighted by atomic mass is 127. The molecule has 1 atom stereocenters. The van der Waals surface area contributed by atoms with Gasteiger partial charge in [0.25, 0.3) is 0 Å². The summed E-state index contributed by atoms with van der Waals surface area (Å²) in [6, 6.07) is 8.60. The van der Waals surface area contributed by atoms with Crippen molar-refractivity contribution in [1.29, 1.82) is 0 Å². The van der Waals surface area contributed by atoms with Crippen LogP contribution < -0.4 is 16.0 Å². The van der Waals surface area contributed by atoms with Gasteiger partial charge in [-0.2, -0.15) is 0 Å². The lowest BCUT2D eigenvalue weighted by atomic mass is 9.99. The van der Waals surface area contributed by atoms with Gasteiger partial charge in [-0.1, -0.05) is 49.6 Å². The summed E-state index contributed by atoms with van der Waals surface area (Å²) < 4.78 is 0. The van der Waals surface area contributed by atoms with E-state index in [9.17, 15) is 4.79 Å².